The van der Waals surface area contributed by atoms with Crippen LogP contribution >= 0.6 is 11.6 Å². The SMILES string of the molecule is OCC1CCCCCN1CCCl. The van der Waals surface area contributed by atoms with E-state index in [1.165, 1.54) is 19.3 Å². The number of hydrogen-bond acceptors (Lipinski definition) is 2. The van der Waals surface area contributed by atoms with Crippen molar-refractivity contribution >= 4 is 11.6 Å². The molecule has 0 bridgehead atoms. The van der Waals surface area contributed by atoms with Gasteiger partial charge in [-0.05, 0) is 19.4 Å². The van der Waals surface area contributed by atoms with Crippen molar-refractivity contribution in [2.24, 2.45) is 0 Å². The van der Waals surface area contributed by atoms with Crippen LogP contribution < -0.4 is 0 Å². The molecule has 1 unspecified atom stereocenters. The van der Waals surface area contributed by atoms with Crippen LogP contribution in [0.5, 0.6) is 0 Å². The van der Waals surface area contributed by atoms with E-state index in [-0.39, 0.29) is 6.61 Å². The normalized spacial score (nSPS) is 27.0. The topological polar surface area (TPSA) is 23.5 Å². The lowest BCUT2D eigenvalue weighted by Gasteiger charge is -2.27. The molecule has 72 valence electrons. The minimum atomic E-state index is 0.289. The summed E-state index contributed by atoms with van der Waals surface area (Å²) in [5, 5.41) is 9.13. The Morgan fingerprint density at radius 3 is 2.83 bits per heavy atom. The van der Waals surface area contributed by atoms with E-state index in [4.69, 9.17) is 16.7 Å². The number of likely N-dealkylation sites (tertiary alicyclic amines) is 1. The lowest BCUT2D eigenvalue weighted by Crippen LogP contribution is -2.38. The van der Waals surface area contributed by atoms with E-state index < -0.39 is 0 Å². The van der Waals surface area contributed by atoms with E-state index in [0.29, 0.717) is 11.9 Å². The summed E-state index contributed by atoms with van der Waals surface area (Å²) in [5.41, 5.74) is 0. The molecule has 1 N–H and O–H groups in total. The van der Waals surface area contributed by atoms with Crippen molar-refractivity contribution in [3.05, 3.63) is 0 Å². The number of rotatable bonds is 3. The summed E-state index contributed by atoms with van der Waals surface area (Å²) in [6, 6.07) is 0.367. The molecule has 1 rings (SSSR count). The highest BCUT2D eigenvalue weighted by atomic mass is 35.5. The molecule has 0 radical (unpaired) electrons. The molecule has 1 atom stereocenters. The van der Waals surface area contributed by atoms with Gasteiger partial charge in [0, 0.05) is 18.5 Å². The monoisotopic (exact) mass is 191 g/mol. The summed E-state index contributed by atoms with van der Waals surface area (Å²) in [4.78, 5) is 2.32. The smallest absolute Gasteiger partial charge is 0.0586 e. The first kappa shape index (κ1) is 10.3. The summed E-state index contributed by atoms with van der Waals surface area (Å²) in [7, 11) is 0. The molecule has 0 saturated carbocycles. The summed E-state index contributed by atoms with van der Waals surface area (Å²) < 4.78 is 0. The maximum atomic E-state index is 9.13. The predicted octanol–water partition coefficient (Wildman–Crippen LogP) is 1.46. The molecular weight excluding hydrogens is 174 g/mol. The van der Waals surface area contributed by atoms with E-state index in [1.54, 1.807) is 0 Å². The van der Waals surface area contributed by atoms with Crippen molar-refractivity contribution in [3.63, 3.8) is 0 Å². The van der Waals surface area contributed by atoms with Gasteiger partial charge in [-0.15, -0.1) is 11.6 Å². The molecule has 0 aromatic rings. The molecule has 0 aliphatic carbocycles. The van der Waals surface area contributed by atoms with Gasteiger partial charge in [-0.2, -0.15) is 0 Å². The van der Waals surface area contributed by atoms with Crippen molar-refractivity contribution in [2.45, 2.75) is 31.7 Å². The van der Waals surface area contributed by atoms with Crippen molar-refractivity contribution in [3.8, 4) is 0 Å². The van der Waals surface area contributed by atoms with Crippen molar-refractivity contribution in [2.75, 3.05) is 25.6 Å². The van der Waals surface area contributed by atoms with Crippen LogP contribution in [-0.2, 0) is 0 Å². The Morgan fingerprint density at radius 2 is 2.17 bits per heavy atom. The fourth-order valence-electron chi connectivity index (χ4n) is 1.85. The molecule has 0 amide bonds. The maximum absolute atomic E-state index is 9.13. The highest BCUT2D eigenvalue weighted by Gasteiger charge is 2.18. The van der Waals surface area contributed by atoms with Gasteiger partial charge in [-0.1, -0.05) is 12.8 Å². The number of aliphatic hydroxyl groups excluding tert-OH is 1. The summed E-state index contributed by atoms with van der Waals surface area (Å²) in [5.74, 6) is 0.677. The fraction of sp³-hybridized carbons (Fsp3) is 1.00. The van der Waals surface area contributed by atoms with Crippen LogP contribution in [0.3, 0.4) is 0 Å². The second kappa shape index (κ2) is 5.79. The molecular formula is C9H18ClNO. The molecule has 3 heteroatoms. The van der Waals surface area contributed by atoms with Gasteiger partial charge in [0.15, 0.2) is 0 Å². The number of alkyl halides is 1. The van der Waals surface area contributed by atoms with E-state index in [2.05, 4.69) is 4.90 Å². The lowest BCUT2D eigenvalue weighted by atomic mass is 10.1. The van der Waals surface area contributed by atoms with Gasteiger partial charge >= 0.3 is 0 Å². The fourth-order valence-corrected chi connectivity index (χ4v) is 2.06. The predicted molar refractivity (Wildman–Crippen MR) is 51.6 cm³/mol. The van der Waals surface area contributed by atoms with Gasteiger partial charge in [0.1, 0.15) is 0 Å². The van der Waals surface area contributed by atoms with Crippen molar-refractivity contribution in [1.29, 1.82) is 0 Å². The second-order valence-electron chi connectivity index (χ2n) is 3.41. The van der Waals surface area contributed by atoms with Crippen LogP contribution in [0.15, 0.2) is 0 Å². The Kier molecular flexibility index (Phi) is 4.96. The quantitative estimate of drug-likeness (QED) is 0.683. The number of nitrogens with zero attached hydrogens (tertiary/aromatic N) is 1. The third kappa shape index (κ3) is 2.92. The first-order valence-electron chi connectivity index (χ1n) is 4.79. The Bertz CT molecular complexity index is 121. The van der Waals surface area contributed by atoms with Gasteiger partial charge < -0.3 is 5.11 Å². The van der Waals surface area contributed by atoms with Gasteiger partial charge in [0.05, 0.1) is 6.61 Å². The van der Waals surface area contributed by atoms with E-state index in [1.807, 2.05) is 0 Å². The van der Waals surface area contributed by atoms with Crippen LogP contribution in [0.2, 0.25) is 0 Å². The first-order valence-corrected chi connectivity index (χ1v) is 5.33. The molecule has 0 aromatic heterocycles. The zero-order chi connectivity index (χ0) is 8.81. The summed E-state index contributed by atoms with van der Waals surface area (Å²) >= 11 is 5.69. The average molecular weight is 192 g/mol. The third-order valence-corrected chi connectivity index (χ3v) is 2.75. The minimum Gasteiger partial charge on any atom is -0.395 e. The van der Waals surface area contributed by atoms with Crippen LogP contribution in [0.4, 0.5) is 0 Å². The largest absolute Gasteiger partial charge is 0.395 e. The highest BCUT2D eigenvalue weighted by molar-refractivity contribution is 6.18. The zero-order valence-corrected chi connectivity index (χ0v) is 8.26. The molecule has 1 heterocycles. The molecule has 1 aliphatic heterocycles. The van der Waals surface area contributed by atoms with Crippen LogP contribution in [0.1, 0.15) is 25.7 Å². The molecule has 1 aliphatic rings. The molecule has 2 nitrogen and oxygen atoms in total. The van der Waals surface area contributed by atoms with Crippen LogP contribution in [0, 0.1) is 0 Å². The van der Waals surface area contributed by atoms with E-state index in [9.17, 15) is 0 Å². The Morgan fingerprint density at radius 1 is 1.33 bits per heavy atom. The van der Waals surface area contributed by atoms with Gasteiger partial charge in [-0.25, -0.2) is 0 Å². The van der Waals surface area contributed by atoms with Crippen molar-refractivity contribution < 1.29 is 5.11 Å². The number of halogens is 1. The first-order chi connectivity index (χ1) is 5.88. The second-order valence-corrected chi connectivity index (χ2v) is 3.79. The molecule has 1 fully saturated rings. The summed E-state index contributed by atoms with van der Waals surface area (Å²) in [6.07, 6.45) is 4.94. The van der Waals surface area contributed by atoms with Crippen LogP contribution in [0.25, 0.3) is 0 Å². The standard InChI is InChI=1S/C9H18ClNO/c10-5-7-11-6-3-1-2-4-9(11)8-12/h9,12H,1-8H2. The van der Waals surface area contributed by atoms with Gasteiger partial charge in [0.2, 0.25) is 0 Å². The van der Waals surface area contributed by atoms with Gasteiger partial charge in [-0.3, -0.25) is 4.90 Å². The van der Waals surface area contributed by atoms with Crippen LogP contribution in [-0.4, -0.2) is 41.6 Å². The Balaban J connectivity index is 2.39. The maximum Gasteiger partial charge on any atom is 0.0586 e. The van der Waals surface area contributed by atoms with E-state index >= 15 is 0 Å². The van der Waals surface area contributed by atoms with E-state index in [0.717, 1.165) is 19.5 Å². The lowest BCUT2D eigenvalue weighted by molar-refractivity contribution is 0.130. The minimum absolute atomic E-state index is 0.289. The molecule has 1 saturated heterocycles. The van der Waals surface area contributed by atoms with Crippen molar-refractivity contribution in [1.82, 2.24) is 4.90 Å². The molecule has 0 spiro atoms. The Hall–Kier alpha value is 0.210. The van der Waals surface area contributed by atoms with Gasteiger partial charge in [0.25, 0.3) is 0 Å². The number of hydrogen-bond donors (Lipinski definition) is 1. The summed E-state index contributed by atoms with van der Waals surface area (Å²) in [6.45, 7) is 2.32. The molecule has 12 heavy (non-hydrogen) atoms. The zero-order valence-electron chi connectivity index (χ0n) is 7.51. The number of aliphatic hydroxyl groups is 1. The Labute approximate surface area is 79.5 Å². The molecule has 0 aromatic carbocycles. The third-order valence-electron chi connectivity index (χ3n) is 2.58. The highest BCUT2D eigenvalue weighted by Crippen LogP contribution is 2.15. The average Bonchev–Trinajstić information content (AvgIpc) is 2.30.